The van der Waals surface area contributed by atoms with Crippen LogP contribution in [0.1, 0.15) is 10.4 Å². The zero-order valence-electron chi connectivity index (χ0n) is 12.2. The Morgan fingerprint density at radius 1 is 1.08 bits per heavy atom. The van der Waals surface area contributed by atoms with Gasteiger partial charge in [-0.2, -0.15) is 10.2 Å². The van der Waals surface area contributed by atoms with Crippen LogP contribution in [0.5, 0.6) is 5.75 Å². The maximum absolute atomic E-state index is 11.7. The predicted octanol–water partition coefficient (Wildman–Crippen LogP) is 2.78. The molecule has 3 N–H and O–H groups in total. The van der Waals surface area contributed by atoms with Gasteiger partial charge in [-0.15, -0.1) is 0 Å². The van der Waals surface area contributed by atoms with Crippen molar-refractivity contribution >= 4 is 27.4 Å². The van der Waals surface area contributed by atoms with Crippen molar-refractivity contribution in [1.82, 2.24) is 4.72 Å². The number of aromatic hydroxyl groups is 1. The van der Waals surface area contributed by atoms with Crippen LogP contribution in [0.4, 0.5) is 11.4 Å². The van der Waals surface area contributed by atoms with Gasteiger partial charge in [0.25, 0.3) is 0 Å². The highest BCUT2D eigenvalue weighted by atomic mass is 32.2. The third kappa shape index (κ3) is 4.15. The number of nitrogens with one attached hydrogen (secondary N) is 1. The molecule has 0 spiro atoms. The van der Waals surface area contributed by atoms with Crippen molar-refractivity contribution in [3.8, 4) is 5.75 Å². The molecular formula is C15H13N3O5S. The van der Waals surface area contributed by atoms with Crippen LogP contribution in [0.3, 0.4) is 0 Å². The van der Waals surface area contributed by atoms with Crippen molar-refractivity contribution in [2.24, 2.45) is 10.2 Å². The van der Waals surface area contributed by atoms with Crippen LogP contribution in [0.15, 0.2) is 57.6 Å². The number of carboxylic acids is 1. The number of nitrogens with zero attached hydrogens (tertiary/aromatic N) is 2. The van der Waals surface area contributed by atoms with Crippen molar-refractivity contribution in [3.63, 3.8) is 0 Å². The SMILES string of the molecule is [CH2][CH]NS(=O)(=O)c1ccc(/N=N/c2ccc(O)c(C(=O)O)c2)cc1. The van der Waals surface area contributed by atoms with Crippen LogP contribution in [-0.4, -0.2) is 24.6 Å². The Labute approximate surface area is 138 Å². The van der Waals surface area contributed by atoms with Crippen molar-refractivity contribution in [3.05, 3.63) is 61.5 Å². The molecule has 2 aromatic carbocycles. The Kier molecular flexibility index (Phi) is 5.27. The molecule has 9 heteroatoms. The Morgan fingerprint density at radius 3 is 2.25 bits per heavy atom. The highest BCUT2D eigenvalue weighted by Gasteiger charge is 2.12. The second-order valence-electron chi connectivity index (χ2n) is 4.53. The number of rotatable bonds is 6. The minimum Gasteiger partial charge on any atom is -0.507 e. The van der Waals surface area contributed by atoms with Crippen LogP contribution in [0.25, 0.3) is 0 Å². The minimum absolute atomic E-state index is 0.0409. The van der Waals surface area contributed by atoms with E-state index in [-0.39, 0.29) is 21.9 Å². The molecule has 124 valence electrons. The Bertz CT molecular complexity index is 876. The van der Waals surface area contributed by atoms with Gasteiger partial charge in [0.15, 0.2) is 0 Å². The van der Waals surface area contributed by atoms with Gasteiger partial charge in [-0.25, -0.2) is 17.9 Å². The fraction of sp³-hybridized carbons (Fsp3) is 0. The zero-order valence-corrected chi connectivity index (χ0v) is 13.1. The molecule has 0 heterocycles. The highest BCUT2D eigenvalue weighted by Crippen LogP contribution is 2.25. The molecule has 2 rings (SSSR count). The molecule has 0 aliphatic heterocycles. The zero-order chi connectivity index (χ0) is 17.7. The van der Waals surface area contributed by atoms with Crippen molar-refractivity contribution in [2.45, 2.75) is 4.90 Å². The molecule has 8 nitrogen and oxygen atoms in total. The molecule has 0 aliphatic rings. The van der Waals surface area contributed by atoms with E-state index in [4.69, 9.17) is 5.11 Å². The van der Waals surface area contributed by atoms with Crippen LogP contribution >= 0.6 is 0 Å². The third-order valence-corrected chi connectivity index (χ3v) is 4.25. The molecule has 0 unspecified atom stereocenters. The predicted molar refractivity (Wildman–Crippen MR) is 85.7 cm³/mol. The molecule has 2 aromatic rings. The maximum atomic E-state index is 11.7. The van der Waals surface area contributed by atoms with Gasteiger partial charge < -0.3 is 10.2 Å². The number of hydrogen-bond donors (Lipinski definition) is 3. The van der Waals surface area contributed by atoms with Gasteiger partial charge in [0.2, 0.25) is 10.0 Å². The molecule has 0 amide bonds. The molecule has 0 saturated heterocycles. The summed E-state index contributed by atoms with van der Waals surface area (Å²) in [5.41, 5.74) is 0.316. The smallest absolute Gasteiger partial charge is 0.339 e. The minimum atomic E-state index is -3.65. The van der Waals surface area contributed by atoms with Gasteiger partial charge in [-0.05, 0) is 49.4 Å². The normalized spacial score (nSPS) is 11.7. The van der Waals surface area contributed by atoms with E-state index in [1.54, 1.807) is 0 Å². The van der Waals surface area contributed by atoms with Crippen molar-refractivity contribution < 1.29 is 23.4 Å². The quantitative estimate of drug-likeness (QED) is 0.692. The number of benzene rings is 2. The molecule has 0 fully saturated rings. The average molecular weight is 347 g/mol. The van der Waals surface area contributed by atoms with Crippen molar-refractivity contribution in [2.75, 3.05) is 0 Å². The number of phenols is 1. The van der Waals surface area contributed by atoms with E-state index in [1.165, 1.54) is 42.5 Å². The summed E-state index contributed by atoms with van der Waals surface area (Å²) in [4.78, 5) is 11.0. The van der Waals surface area contributed by atoms with Gasteiger partial charge in [0.1, 0.15) is 11.3 Å². The molecule has 0 aliphatic carbocycles. The van der Waals surface area contributed by atoms with Gasteiger partial charge in [-0.1, -0.05) is 0 Å². The molecule has 24 heavy (non-hydrogen) atoms. The first-order valence-electron chi connectivity index (χ1n) is 6.55. The molecule has 0 aromatic heterocycles. The first-order valence-corrected chi connectivity index (χ1v) is 8.03. The summed E-state index contributed by atoms with van der Waals surface area (Å²) in [6.45, 7) is 4.36. The van der Waals surface area contributed by atoms with Gasteiger partial charge in [0, 0.05) is 6.54 Å². The van der Waals surface area contributed by atoms with E-state index in [1.807, 2.05) is 0 Å². The van der Waals surface area contributed by atoms with Gasteiger partial charge in [0.05, 0.1) is 16.3 Å². The maximum Gasteiger partial charge on any atom is 0.339 e. The van der Waals surface area contributed by atoms with E-state index in [0.29, 0.717) is 5.69 Å². The fourth-order valence-corrected chi connectivity index (χ4v) is 2.59. The van der Waals surface area contributed by atoms with E-state index in [0.717, 1.165) is 6.54 Å². The lowest BCUT2D eigenvalue weighted by atomic mass is 10.2. The first kappa shape index (κ1) is 17.6. The largest absolute Gasteiger partial charge is 0.507 e. The first-order chi connectivity index (χ1) is 11.3. The average Bonchev–Trinajstić information content (AvgIpc) is 2.54. The summed E-state index contributed by atoms with van der Waals surface area (Å²) in [5.74, 6) is -1.65. The summed E-state index contributed by atoms with van der Waals surface area (Å²) in [5, 5.41) is 26.1. The van der Waals surface area contributed by atoms with Crippen LogP contribution in [-0.2, 0) is 10.0 Å². The Balaban J connectivity index is 2.21. The molecular weight excluding hydrogens is 334 g/mol. The van der Waals surface area contributed by atoms with Gasteiger partial charge >= 0.3 is 5.97 Å². The summed E-state index contributed by atoms with van der Waals surface area (Å²) < 4.78 is 25.6. The topological polar surface area (TPSA) is 128 Å². The fourth-order valence-electron chi connectivity index (χ4n) is 1.74. The third-order valence-electron chi connectivity index (χ3n) is 2.88. The standard InChI is InChI=1S/C15H13N3O5S/c1-2-16-24(22,23)12-6-3-10(4-7-12)17-18-11-5-8-14(19)13(9-11)15(20)21/h2-9,16,19H,1H2,(H,20,21)/b18-17+. The number of aromatic carboxylic acids is 1. The van der Waals surface area contributed by atoms with E-state index >= 15 is 0 Å². The van der Waals surface area contributed by atoms with Crippen LogP contribution in [0, 0.1) is 13.5 Å². The van der Waals surface area contributed by atoms with E-state index in [9.17, 15) is 18.3 Å². The summed E-state index contributed by atoms with van der Waals surface area (Å²) in [6.07, 6.45) is 0. The Morgan fingerprint density at radius 2 is 1.67 bits per heavy atom. The number of carbonyl (C=O) groups is 1. The monoisotopic (exact) mass is 347 g/mol. The lowest BCUT2D eigenvalue weighted by Gasteiger charge is -2.03. The summed E-state index contributed by atoms with van der Waals surface area (Å²) >= 11 is 0. The molecule has 0 atom stereocenters. The van der Waals surface area contributed by atoms with Crippen LogP contribution in [0.2, 0.25) is 0 Å². The van der Waals surface area contributed by atoms with E-state index in [2.05, 4.69) is 21.9 Å². The van der Waals surface area contributed by atoms with Crippen molar-refractivity contribution in [1.29, 1.82) is 0 Å². The molecule has 2 radical (unpaired) electrons. The Hall–Kier alpha value is -2.78. The lowest BCUT2D eigenvalue weighted by molar-refractivity contribution is 0.0693. The number of carboxylic acid groups (broad SMARTS) is 1. The number of hydrogen-bond acceptors (Lipinski definition) is 6. The van der Waals surface area contributed by atoms with Gasteiger partial charge in [-0.3, -0.25) is 0 Å². The van der Waals surface area contributed by atoms with Crippen LogP contribution < -0.4 is 4.72 Å². The molecule has 0 saturated carbocycles. The number of sulfonamides is 1. The summed E-state index contributed by atoms with van der Waals surface area (Å²) in [7, 11) is -3.65. The summed E-state index contributed by atoms with van der Waals surface area (Å²) in [6, 6.07) is 9.36. The number of azo groups is 1. The molecule has 0 bridgehead atoms. The highest BCUT2D eigenvalue weighted by molar-refractivity contribution is 7.89. The lowest BCUT2D eigenvalue weighted by Crippen LogP contribution is -2.19. The second-order valence-corrected chi connectivity index (χ2v) is 6.24. The van der Waals surface area contributed by atoms with E-state index < -0.39 is 16.0 Å². The second kappa shape index (κ2) is 7.20.